The van der Waals surface area contributed by atoms with Crippen LogP contribution in [0.2, 0.25) is 0 Å². The van der Waals surface area contributed by atoms with Crippen LogP contribution in [0, 0.1) is 0 Å². The molecular weight excluding hydrogens is 226 g/mol. The van der Waals surface area contributed by atoms with Gasteiger partial charge in [0.05, 0.1) is 0 Å². The summed E-state index contributed by atoms with van der Waals surface area (Å²) in [6, 6.07) is 0. The molecule has 0 atom stereocenters. The van der Waals surface area contributed by atoms with Crippen LogP contribution in [0.5, 0.6) is 0 Å². The van der Waals surface area contributed by atoms with E-state index in [0.717, 1.165) is 0 Å². The third-order valence-electron chi connectivity index (χ3n) is 0. The average Bonchev–Trinajstić information content (AvgIpc) is 0.722. The normalized spacial score (nSPS) is 6.44. The Labute approximate surface area is 144 Å². The van der Waals surface area contributed by atoms with Crippen molar-refractivity contribution in [1.82, 2.24) is 0 Å². The Balaban J connectivity index is -0.0000000133. The standard InChI is InChI=1S/ClH.2K.H2O4S.H2O/c;;;1-5(2,3)4;/h1H;;;(H2,1,2,3,4);1H2/q;2*+1;;/p-2. The third kappa shape index (κ3) is 87.3. The predicted molar refractivity (Wildman–Crippen MR) is 16.1 cm³/mol. The summed E-state index contributed by atoms with van der Waals surface area (Å²) in [7, 11) is -4.67. The van der Waals surface area contributed by atoms with Crippen LogP contribution >= 0.6 is 0 Å². The molecule has 48 valence electrons. The van der Waals surface area contributed by atoms with Gasteiger partial charge in [0.2, 0.25) is 0 Å². The Morgan fingerprint density at radius 3 is 1.00 bits per heavy atom. The molecule has 0 bridgehead atoms. The summed E-state index contributed by atoms with van der Waals surface area (Å²) >= 11 is 0. The first kappa shape index (κ1) is 29.4. The van der Waals surface area contributed by atoms with Crippen molar-refractivity contribution in [2.45, 2.75) is 0 Å². The van der Waals surface area contributed by atoms with Crippen molar-refractivity contribution in [2.24, 2.45) is 0 Å². The Morgan fingerprint density at radius 1 is 1.00 bits per heavy atom. The Morgan fingerprint density at radius 2 is 1.00 bits per heavy atom. The monoisotopic (exact) mass is 228 g/mol. The van der Waals surface area contributed by atoms with Crippen LogP contribution in [0.4, 0.5) is 0 Å². The molecule has 0 amide bonds. The Hall–Kier alpha value is 3.39. The molecule has 3 N–H and O–H groups in total. The van der Waals surface area contributed by atoms with E-state index in [4.69, 9.17) is 17.5 Å². The topological polar surface area (TPSA) is 105 Å². The molecule has 0 aliphatic heterocycles. The van der Waals surface area contributed by atoms with Gasteiger partial charge in [0.15, 0.2) is 0 Å². The number of halogens is 1. The molecule has 0 aromatic rings. The minimum atomic E-state index is -4.67. The molecule has 0 aliphatic carbocycles. The molecular formula is H3ClK2O5S. The fourth-order valence-electron chi connectivity index (χ4n) is 0. The van der Waals surface area contributed by atoms with Crippen LogP contribution in [-0.4, -0.2) is 23.0 Å². The van der Waals surface area contributed by atoms with Gasteiger partial charge in [0.1, 0.15) is 0 Å². The van der Waals surface area contributed by atoms with E-state index in [1.54, 1.807) is 0 Å². The SMILES string of the molecule is O=S(=O)(O)O.[Cl-].[K+].[K+].[OH-]. The van der Waals surface area contributed by atoms with E-state index in [1.165, 1.54) is 0 Å². The van der Waals surface area contributed by atoms with Crippen molar-refractivity contribution in [3.63, 3.8) is 0 Å². The molecule has 0 heterocycles. The third-order valence-corrected chi connectivity index (χ3v) is 0. The number of hydrogen-bond donors (Lipinski definition) is 2. The second-order valence-electron chi connectivity index (χ2n) is 0.448. The van der Waals surface area contributed by atoms with Crippen molar-refractivity contribution in [3.8, 4) is 0 Å². The van der Waals surface area contributed by atoms with E-state index in [2.05, 4.69) is 0 Å². The molecule has 0 spiro atoms. The minimum absolute atomic E-state index is 0. The fraction of sp³-hybridized carbons (Fsp3) is 0. The van der Waals surface area contributed by atoms with E-state index in [1.807, 2.05) is 0 Å². The zero-order valence-corrected chi connectivity index (χ0v) is 12.8. The number of hydrogen-bond acceptors (Lipinski definition) is 3. The molecule has 0 aliphatic rings. The molecule has 0 fully saturated rings. The van der Waals surface area contributed by atoms with Gasteiger partial charge < -0.3 is 17.9 Å². The van der Waals surface area contributed by atoms with Gasteiger partial charge in [-0.15, -0.1) is 0 Å². The van der Waals surface area contributed by atoms with Gasteiger partial charge in [-0.05, 0) is 0 Å². The summed E-state index contributed by atoms with van der Waals surface area (Å²) < 4.78 is 31.6. The van der Waals surface area contributed by atoms with Crippen LogP contribution in [-0.2, 0) is 10.4 Å². The first-order valence-electron chi connectivity index (χ1n) is 0.698. The van der Waals surface area contributed by atoms with Crippen molar-refractivity contribution in [1.29, 1.82) is 0 Å². The molecule has 0 saturated heterocycles. The Bertz CT molecular complexity index is 98.1. The van der Waals surface area contributed by atoms with Gasteiger partial charge in [-0.25, -0.2) is 0 Å². The molecule has 9 heavy (non-hydrogen) atoms. The van der Waals surface area contributed by atoms with Gasteiger partial charge in [0.25, 0.3) is 0 Å². The second kappa shape index (κ2) is 13.9. The van der Waals surface area contributed by atoms with Crippen molar-refractivity contribution >= 4 is 10.4 Å². The second-order valence-corrected chi connectivity index (χ2v) is 1.34. The van der Waals surface area contributed by atoms with E-state index < -0.39 is 10.4 Å². The predicted octanol–water partition coefficient (Wildman–Crippen LogP) is -9.82. The zero-order valence-electron chi connectivity index (χ0n) is 4.94. The van der Waals surface area contributed by atoms with E-state index in [-0.39, 0.29) is 121 Å². The quantitative estimate of drug-likeness (QED) is 0.317. The summed E-state index contributed by atoms with van der Waals surface area (Å²) in [5.41, 5.74) is 0. The van der Waals surface area contributed by atoms with Gasteiger partial charge in [-0.3, -0.25) is 9.11 Å². The fourth-order valence-corrected chi connectivity index (χ4v) is 0. The molecule has 0 radical (unpaired) electrons. The first-order chi connectivity index (χ1) is 2.00. The number of rotatable bonds is 0. The van der Waals surface area contributed by atoms with Crippen LogP contribution in [0.25, 0.3) is 0 Å². The molecule has 0 rings (SSSR count). The van der Waals surface area contributed by atoms with Crippen LogP contribution in [0.3, 0.4) is 0 Å². The maximum Gasteiger partial charge on any atom is 1.00 e. The summed E-state index contributed by atoms with van der Waals surface area (Å²) in [6.07, 6.45) is 0. The van der Waals surface area contributed by atoms with E-state index in [0.29, 0.717) is 0 Å². The van der Waals surface area contributed by atoms with Crippen LogP contribution in [0.15, 0.2) is 0 Å². The molecule has 9 heteroatoms. The maximum absolute atomic E-state index is 8.74. The van der Waals surface area contributed by atoms with E-state index >= 15 is 0 Å². The van der Waals surface area contributed by atoms with Gasteiger partial charge >= 0.3 is 113 Å². The first-order valence-corrected chi connectivity index (χ1v) is 2.10. The van der Waals surface area contributed by atoms with Crippen molar-refractivity contribution in [3.05, 3.63) is 0 Å². The van der Waals surface area contributed by atoms with Crippen molar-refractivity contribution < 1.29 is 138 Å². The summed E-state index contributed by atoms with van der Waals surface area (Å²) in [4.78, 5) is 0. The van der Waals surface area contributed by atoms with Gasteiger partial charge in [-0.2, -0.15) is 8.42 Å². The van der Waals surface area contributed by atoms with Crippen molar-refractivity contribution in [2.75, 3.05) is 0 Å². The zero-order chi connectivity index (χ0) is 4.50. The summed E-state index contributed by atoms with van der Waals surface area (Å²) in [5, 5.41) is 0. The van der Waals surface area contributed by atoms with Crippen LogP contribution < -0.4 is 115 Å². The molecule has 5 nitrogen and oxygen atoms in total. The largest absolute Gasteiger partial charge is 1.00 e. The van der Waals surface area contributed by atoms with Gasteiger partial charge in [-0.1, -0.05) is 0 Å². The molecule has 0 aromatic carbocycles. The van der Waals surface area contributed by atoms with E-state index in [9.17, 15) is 0 Å². The molecule has 0 saturated carbocycles. The Kier molecular flexibility index (Phi) is 45.6. The van der Waals surface area contributed by atoms with Gasteiger partial charge in [0, 0.05) is 0 Å². The summed E-state index contributed by atoms with van der Waals surface area (Å²) in [5.74, 6) is 0. The minimum Gasteiger partial charge on any atom is -1.00 e. The molecule has 0 unspecified atom stereocenters. The molecule has 0 aromatic heterocycles. The summed E-state index contributed by atoms with van der Waals surface area (Å²) in [6.45, 7) is 0. The van der Waals surface area contributed by atoms with Crippen LogP contribution in [0.1, 0.15) is 0 Å². The maximum atomic E-state index is 8.74. The smallest absolute Gasteiger partial charge is 1.00 e. The average molecular weight is 229 g/mol.